The van der Waals surface area contributed by atoms with Crippen LogP contribution in [0.4, 0.5) is 0 Å². The Morgan fingerprint density at radius 3 is 2.48 bits per heavy atom. The third kappa shape index (κ3) is 7.44. The van der Waals surface area contributed by atoms with Crippen molar-refractivity contribution in [2.45, 2.75) is 46.2 Å². The quantitative estimate of drug-likeness (QED) is 0.530. The van der Waals surface area contributed by atoms with Gasteiger partial charge in [-0.25, -0.2) is 0 Å². The summed E-state index contributed by atoms with van der Waals surface area (Å²) >= 11 is 12.3. The molecule has 5 nitrogen and oxygen atoms in total. The second-order valence-corrected chi connectivity index (χ2v) is 8.69. The second-order valence-electron chi connectivity index (χ2n) is 7.85. The lowest BCUT2D eigenvalue weighted by Gasteiger charge is -2.31. The molecule has 2 amide bonds. The third-order valence-electron chi connectivity index (χ3n) is 4.91. The normalized spacial score (nSPS) is 11.8. The summed E-state index contributed by atoms with van der Waals surface area (Å²) in [6.45, 7) is 6.81. The number of hydrogen-bond acceptors (Lipinski definition) is 3. The first-order valence-electron chi connectivity index (χ1n) is 10.4. The van der Waals surface area contributed by atoms with Crippen LogP contribution < -0.4 is 10.1 Å². The van der Waals surface area contributed by atoms with E-state index in [1.165, 1.54) is 0 Å². The highest BCUT2D eigenvalue weighted by molar-refractivity contribution is 6.35. The number of benzene rings is 2. The number of hydrogen-bond donors (Lipinski definition) is 1. The Balaban J connectivity index is 2.32. The Morgan fingerprint density at radius 2 is 1.87 bits per heavy atom. The van der Waals surface area contributed by atoms with Gasteiger partial charge in [-0.15, -0.1) is 0 Å². The van der Waals surface area contributed by atoms with E-state index in [2.05, 4.69) is 5.32 Å². The summed E-state index contributed by atoms with van der Waals surface area (Å²) in [5.41, 5.74) is 1.55. The summed E-state index contributed by atoms with van der Waals surface area (Å²) in [5, 5.41) is 3.90. The summed E-state index contributed by atoms with van der Waals surface area (Å²) < 4.78 is 5.31. The van der Waals surface area contributed by atoms with Crippen molar-refractivity contribution < 1.29 is 14.3 Å². The highest BCUT2D eigenvalue weighted by Crippen LogP contribution is 2.23. The van der Waals surface area contributed by atoms with Gasteiger partial charge in [-0.2, -0.15) is 0 Å². The standard InChI is InChI=1S/C24H30Cl2N2O3/c1-5-22(24(30)27-14-16(2)3)28(15-17-7-6-8-20(11-17)31-4)23(29)12-18-9-10-19(25)13-21(18)26/h6-11,13,16,22H,5,12,14-15H2,1-4H3,(H,27,30)/t22-/m1/s1. The van der Waals surface area contributed by atoms with Crippen molar-refractivity contribution in [2.75, 3.05) is 13.7 Å². The maximum Gasteiger partial charge on any atom is 0.242 e. The average Bonchev–Trinajstić information content (AvgIpc) is 2.74. The highest BCUT2D eigenvalue weighted by atomic mass is 35.5. The van der Waals surface area contributed by atoms with Crippen LogP contribution in [0.1, 0.15) is 38.3 Å². The molecule has 0 aliphatic carbocycles. The first kappa shape index (κ1) is 25.0. The van der Waals surface area contributed by atoms with Crippen LogP contribution in [-0.2, 0) is 22.6 Å². The molecule has 0 unspecified atom stereocenters. The molecule has 0 radical (unpaired) electrons. The molecule has 1 atom stereocenters. The van der Waals surface area contributed by atoms with Crippen molar-refractivity contribution >= 4 is 35.0 Å². The van der Waals surface area contributed by atoms with Crippen LogP contribution in [0.25, 0.3) is 0 Å². The lowest BCUT2D eigenvalue weighted by molar-refractivity contribution is -0.141. The van der Waals surface area contributed by atoms with E-state index in [-0.39, 0.29) is 24.8 Å². The molecule has 7 heteroatoms. The SMILES string of the molecule is CC[C@H](C(=O)NCC(C)C)N(Cc1cccc(OC)c1)C(=O)Cc1ccc(Cl)cc1Cl. The molecule has 0 aliphatic rings. The first-order chi connectivity index (χ1) is 14.7. The summed E-state index contributed by atoms with van der Waals surface area (Å²) in [4.78, 5) is 27.9. The first-order valence-corrected chi connectivity index (χ1v) is 11.1. The topological polar surface area (TPSA) is 58.6 Å². The van der Waals surface area contributed by atoms with E-state index in [1.54, 1.807) is 30.2 Å². The number of ether oxygens (including phenoxy) is 1. The Bertz CT molecular complexity index is 902. The van der Waals surface area contributed by atoms with Gasteiger partial charge in [0.1, 0.15) is 11.8 Å². The molecule has 168 valence electrons. The zero-order valence-corrected chi connectivity index (χ0v) is 20.0. The van der Waals surface area contributed by atoms with E-state index in [4.69, 9.17) is 27.9 Å². The fourth-order valence-electron chi connectivity index (χ4n) is 3.24. The van der Waals surface area contributed by atoms with Gasteiger partial charge in [0.25, 0.3) is 0 Å². The number of nitrogens with one attached hydrogen (secondary N) is 1. The highest BCUT2D eigenvalue weighted by Gasteiger charge is 2.29. The van der Waals surface area contributed by atoms with Crippen molar-refractivity contribution in [1.82, 2.24) is 10.2 Å². The van der Waals surface area contributed by atoms with E-state index in [0.29, 0.717) is 40.2 Å². The van der Waals surface area contributed by atoms with Crippen LogP contribution in [0.15, 0.2) is 42.5 Å². The van der Waals surface area contributed by atoms with Crippen LogP contribution in [0.2, 0.25) is 10.0 Å². The van der Waals surface area contributed by atoms with Gasteiger partial charge in [0.05, 0.1) is 13.5 Å². The predicted octanol–water partition coefficient (Wildman–Crippen LogP) is 5.12. The smallest absolute Gasteiger partial charge is 0.242 e. The van der Waals surface area contributed by atoms with Crippen LogP contribution in [-0.4, -0.2) is 36.4 Å². The molecule has 0 fully saturated rings. The van der Waals surface area contributed by atoms with Crippen LogP contribution in [0.3, 0.4) is 0 Å². The minimum Gasteiger partial charge on any atom is -0.497 e. The fourth-order valence-corrected chi connectivity index (χ4v) is 3.71. The van der Waals surface area contributed by atoms with Gasteiger partial charge in [-0.1, -0.05) is 62.2 Å². The summed E-state index contributed by atoms with van der Waals surface area (Å²) in [6, 6.07) is 12.0. The number of carbonyl (C=O) groups excluding carboxylic acids is 2. The van der Waals surface area contributed by atoms with E-state index in [9.17, 15) is 9.59 Å². The maximum atomic E-state index is 13.4. The predicted molar refractivity (Wildman–Crippen MR) is 126 cm³/mol. The summed E-state index contributed by atoms with van der Waals surface area (Å²) in [6.07, 6.45) is 0.571. The van der Waals surface area contributed by atoms with E-state index < -0.39 is 6.04 Å². The van der Waals surface area contributed by atoms with Crippen LogP contribution >= 0.6 is 23.2 Å². The number of methoxy groups -OCH3 is 1. The lowest BCUT2D eigenvalue weighted by atomic mass is 10.1. The largest absolute Gasteiger partial charge is 0.497 e. The number of rotatable bonds is 10. The molecule has 0 aromatic heterocycles. The minimum atomic E-state index is -0.594. The molecule has 0 saturated heterocycles. The Morgan fingerprint density at radius 1 is 1.13 bits per heavy atom. The van der Waals surface area contributed by atoms with Gasteiger partial charge < -0.3 is 15.0 Å². The minimum absolute atomic E-state index is 0.0773. The van der Waals surface area contributed by atoms with Gasteiger partial charge in [-0.05, 0) is 47.7 Å². The molecule has 31 heavy (non-hydrogen) atoms. The second kappa shape index (κ2) is 12.0. The lowest BCUT2D eigenvalue weighted by Crippen LogP contribution is -2.50. The summed E-state index contributed by atoms with van der Waals surface area (Å²) in [7, 11) is 1.60. The maximum absolute atomic E-state index is 13.4. The average molecular weight is 465 g/mol. The molecule has 0 bridgehead atoms. The Labute approximate surface area is 194 Å². The van der Waals surface area contributed by atoms with Crippen molar-refractivity contribution in [2.24, 2.45) is 5.92 Å². The number of halogens is 2. The fraction of sp³-hybridized carbons (Fsp3) is 0.417. The zero-order chi connectivity index (χ0) is 23.0. The van der Waals surface area contributed by atoms with Crippen molar-refractivity contribution in [3.63, 3.8) is 0 Å². The monoisotopic (exact) mass is 464 g/mol. The molecule has 0 saturated carbocycles. The molecule has 0 heterocycles. The van der Waals surface area contributed by atoms with Crippen LogP contribution in [0.5, 0.6) is 5.75 Å². The van der Waals surface area contributed by atoms with Crippen molar-refractivity contribution in [3.05, 3.63) is 63.6 Å². The van der Waals surface area contributed by atoms with Gasteiger partial charge in [0, 0.05) is 23.1 Å². The number of amides is 2. The van der Waals surface area contributed by atoms with E-state index >= 15 is 0 Å². The van der Waals surface area contributed by atoms with Gasteiger partial charge >= 0.3 is 0 Å². The molecule has 0 aliphatic heterocycles. The van der Waals surface area contributed by atoms with Crippen molar-refractivity contribution in [3.8, 4) is 5.75 Å². The van der Waals surface area contributed by atoms with Crippen LogP contribution in [0, 0.1) is 5.92 Å². The zero-order valence-electron chi connectivity index (χ0n) is 18.5. The molecular formula is C24H30Cl2N2O3. The molecular weight excluding hydrogens is 435 g/mol. The van der Waals surface area contributed by atoms with Gasteiger partial charge in [-0.3, -0.25) is 9.59 Å². The Hall–Kier alpha value is -2.24. The summed E-state index contributed by atoms with van der Waals surface area (Å²) in [5.74, 6) is 0.674. The molecule has 1 N–H and O–H groups in total. The number of nitrogens with zero attached hydrogens (tertiary/aromatic N) is 1. The number of carbonyl (C=O) groups is 2. The third-order valence-corrected chi connectivity index (χ3v) is 5.50. The molecule has 2 rings (SSSR count). The molecule has 2 aromatic carbocycles. The van der Waals surface area contributed by atoms with Gasteiger partial charge in [0.15, 0.2) is 0 Å². The molecule has 0 spiro atoms. The Kier molecular flexibility index (Phi) is 9.66. The van der Waals surface area contributed by atoms with Gasteiger partial charge in [0.2, 0.25) is 11.8 Å². The van der Waals surface area contributed by atoms with E-state index in [1.807, 2.05) is 45.0 Å². The van der Waals surface area contributed by atoms with Crippen molar-refractivity contribution in [1.29, 1.82) is 0 Å². The van der Waals surface area contributed by atoms with E-state index in [0.717, 1.165) is 5.56 Å². The molecule has 2 aromatic rings.